The largest absolute Gasteiger partial charge is 0.399 e. The lowest BCUT2D eigenvalue weighted by Crippen LogP contribution is -2.20. The summed E-state index contributed by atoms with van der Waals surface area (Å²) in [5, 5.41) is 6.64. The lowest BCUT2D eigenvalue weighted by atomic mass is 10.1. The van der Waals surface area contributed by atoms with Gasteiger partial charge in [-0.1, -0.05) is 23.7 Å². The third-order valence-electron chi connectivity index (χ3n) is 3.26. The lowest BCUT2D eigenvalue weighted by molar-refractivity contribution is 0.0964. The SMILES string of the molecule is CNC(=O)c1ccc(N)cc1NC(C)c1ccc(Cl)cc1. The number of benzene rings is 2. The van der Waals surface area contributed by atoms with Gasteiger partial charge in [0, 0.05) is 29.5 Å². The maximum atomic E-state index is 11.9. The van der Waals surface area contributed by atoms with Crippen LogP contribution in [-0.2, 0) is 0 Å². The van der Waals surface area contributed by atoms with Crippen LogP contribution in [0, 0.1) is 0 Å². The van der Waals surface area contributed by atoms with Gasteiger partial charge in [0.25, 0.3) is 5.91 Å². The summed E-state index contributed by atoms with van der Waals surface area (Å²) in [6.45, 7) is 2.01. The molecular formula is C16H18ClN3O. The standard InChI is InChI=1S/C16H18ClN3O/c1-10(11-3-5-12(17)6-4-11)20-15-9-13(18)7-8-14(15)16(21)19-2/h3-10,20H,18H2,1-2H3,(H,19,21). The van der Waals surface area contributed by atoms with Crippen LogP contribution in [0.1, 0.15) is 28.9 Å². The number of hydrogen-bond acceptors (Lipinski definition) is 3. The van der Waals surface area contributed by atoms with Gasteiger partial charge in [0.1, 0.15) is 0 Å². The maximum Gasteiger partial charge on any atom is 0.253 e. The number of halogens is 1. The summed E-state index contributed by atoms with van der Waals surface area (Å²) in [6.07, 6.45) is 0. The highest BCUT2D eigenvalue weighted by Crippen LogP contribution is 2.25. The van der Waals surface area contributed by atoms with Gasteiger partial charge in [-0.25, -0.2) is 0 Å². The van der Waals surface area contributed by atoms with Gasteiger partial charge in [0.2, 0.25) is 0 Å². The summed E-state index contributed by atoms with van der Waals surface area (Å²) in [5.74, 6) is -0.152. The van der Waals surface area contributed by atoms with Gasteiger partial charge in [-0.05, 0) is 42.8 Å². The van der Waals surface area contributed by atoms with E-state index in [1.807, 2.05) is 31.2 Å². The number of carbonyl (C=O) groups excluding carboxylic acids is 1. The number of rotatable bonds is 4. The minimum atomic E-state index is -0.152. The Bertz CT molecular complexity index is 640. The fraction of sp³-hybridized carbons (Fsp3) is 0.188. The normalized spacial score (nSPS) is 11.8. The van der Waals surface area contributed by atoms with Crippen molar-refractivity contribution < 1.29 is 4.79 Å². The topological polar surface area (TPSA) is 67.2 Å². The number of hydrogen-bond donors (Lipinski definition) is 3. The molecule has 0 aliphatic rings. The van der Waals surface area contributed by atoms with Crippen molar-refractivity contribution in [2.75, 3.05) is 18.1 Å². The number of nitrogens with one attached hydrogen (secondary N) is 2. The van der Waals surface area contributed by atoms with Crippen molar-refractivity contribution >= 4 is 28.9 Å². The Labute approximate surface area is 129 Å². The summed E-state index contributed by atoms with van der Waals surface area (Å²) in [7, 11) is 1.60. The molecule has 2 aromatic rings. The first kappa shape index (κ1) is 15.2. The Balaban J connectivity index is 2.27. The highest BCUT2D eigenvalue weighted by molar-refractivity contribution is 6.30. The van der Waals surface area contributed by atoms with Gasteiger partial charge in [-0.3, -0.25) is 4.79 Å². The smallest absolute Gasteiger partial charge is 0.253 e. The van der Waals surface area contributed by atoms with Crippen molar-refractivity contribution in [3.8, 4) is 0 Å². The van der Waals surface area contributed by atoms with Crippen LogP contribution in [0.25, 0.3) is 0 Å². The van der Waals surface area contributed by atoms with Gasteiger partial charge in [-0.2, -0.15) is 0 Å². The van der Waals surface area contributed by atoms with Gasteiger partial charge in [0.15, 0.2) is 0 Å². The molecule has 1 atom stereocenters. The van der Waals surface area contributed by atoms with E-state index < -0.39 is 0 Å². The quantitative estimate of drug-likeness (QED) is 0.758. The first-order valence-corrected chi connectivity index (χ1v) is 7.02. The number of amides is 1. The Kier molecular flexibility index (Phi) is 4.70. The summed E-state index contributed by atoms with van der Waals surface area (Å²) in [5.41, 5.74) is 8.76. The third-order valence-corrected chi connectivity index (χ3v) is 3.51. The molecule has 0 fully saturated rings. The molecule has 0 spiro atoms. The average molecular weight is 304 g/mol. The predicted molar refractivity (Wildman–Crippen MR) is 87.7 cm³/mol. The van der Waals surface area contributed by atoms with Crippen molar-refractivity contribution in [3.63, 3.8) is 0 Å². The monoisotopic (exact) mass is 303 g/mol. The second kappa shape index (κ2) is 6.50. The molecule has 5 heteroatoms. The highest BCUT2D eigenvalue weighted by atomic mass is 35.5. The molecule has 0 heterocycles. The summed E-state index contributed by atoms with van der Waals surface area (Å²) >= 11 is 5.89. The Morgan fingerprint density at radius 3 is 2.48 bits per heavy atom. The van der Waals surface area contributed by atoms with E-state index in [4.69, 9.17) is 17.3 Å². The Hall–Kier alpha value is -2.20. The highest BCUT2D eigenvalue weighted by Gasteiger charge is 2.13. The van der Waals surface area contributed by atoms with E-state index in [2.05, 4.69) is 10.6 Å². The molecule has 0 aromatic heterocycles. The second-order valence-corrected chi connectivity index (χ2v) is 5.24. The molecule has 4 N–H and O–H groups in total. The minimum Gasteiger partial charge on any atom is -0.399 e. The molecule has 1 unspecified atom stereocenters. The summed E-state index contributed by atoms with van der Waals surface area (Å²) in [6, 6.07) is 12.8. The van der Waals surface area contributed by atoms with E-state index in [1.54, 1.807) is 25.2 Å². The Morgan fingerprint density at radius 1 is 1.19 bits per heavy atom. The van der Waals surface area contributed by atoms with E-state index in [0.717, 1.165) is 5.56 Å². The Morgan fingerprint density at radius 2 is 1.86 bits per heavy atom. The third kappa shape index (κ3) is 3.67. The van der Waals surface area contributed by atoms with Gasteiger partial charge in [-0.15, -0.1) is 0 Å². The van der Waals surface area contributed by atoms with E-state index in [0.29, 0.717) is 22.0 Å². The second-order valence-electron chi connectivity index (χ2n) is 4.80. The van der Waals surface area contributed by atoms with Crippen LogP contribution in [0.4, 0.5) is 11.4 Å². The van der Waals surface area contributed by atoms with Crippen LogP contribution in [0.5, 0.6) is 0 Å². The maximum absolute atomic E-state index is 11.9. The van der Waals surface area contributed by atoms with Crippen molar-refractivity contribution in [3.05, 3.63) is 58.6 Å². The van der Waals surface area contributed by atoms with Crippen LogP contribution in [-0.4, -0.2) is 13.0 Å². The van der Waals surface area contributed by atoms with Crippen LogP contribution in [0.15, 0.2) is 42.5 Å². The fourth-order valence-electron chi connectivity index (χ4n) is 2.08. The number of nitrogens with two attached hydrogens (primary N) is 1. The lowest BCUT2D eigenvalue weighted by Gasteiger charge is -2.18. The van der Waals surface area contributed by atoms with Crippen LogP contribution < -0.4 is 16.4 Å². The van der Waals surface area contributed by atoms with Crippen molar-refractivity contribution in [2.45, 2.75) is 13.0 Å². The number of anilines is 2. The van der Waals surface area contributed by atoms with E-state index in [-0.39, 0.29) is 11.9 Å². The molecule has 0 saturated heterocycles. The van der Waals surface area contributed by atoms with E-state index in [9.17, 15) is 4.79 Å². The molecule has 2 rings (SSSR count). The van der Waals surface area contributed by atoms with Gasteiger partial charge in [0.05, 0.1) is 5.56 Å². The zero-order chi connectivity index (χ0) is 15.4. The summed E-state index contributed by atoms with van der Waals surface area (Å²) in [4.78, 5) is 11.9. The minimum absolute atomic E-state index is 0.0208. The van der Waals surface area contributed by atoms with Crippen LogP contribution in [0.3, 0.4) is 0 Å². The first-order valence-electron chi connectivity index (χ1n) is 6.65. The molecule has 0 aliphatic carbocycles. The number of carbonyl (C=O) groups is 1. The van der Waals surface area contributed by atoms with Crippen LogP contribution in [0.2, 0.25) is 5.02 Å². The summed E-state index contributed by atoms with van der Waals surface area (Å²) < 4.78 is 0. The van der Waals surface area contributed by atoms with E-state index >= 15 is 0 Å². The molecule has 4 nitrogen and oxygen atoms in total. The molecule has 110 valence electrons. The van der Waals surface area contributed by atoms with E-state index in [1.165, 1.54) is 0 Å². The van der Waals surface area contributed by atoms with Crippen molar-refractivity contribution in [1.82, 2.24) is 5.32 Å². The zero-order valence-corrected chi connectivity index (χ0v) is 12.7. The molecule has 21 heavy (non-hydrogen) atoms. The fourth-order valence-corrected chi connectivity index (χ4v) is 2.21. The zero-order valence-electron chi connectivity index (χ0n) is 12.0. The number of nitrogen functional groups attached to an aromatic ring is 1. The molecule has 0 aliphatic heterocycles. The molecule has 1 amide bonds. The molecule has 0 saturated carbocycles. The molecule has 0 radical (unpaired) electrons. The van der Waals surface area contributed by atoms with Crippen LogP contribution >= 0.6 is 11.6 Å². The molecule has 2 aromatic carbocycles. The van der Waals surface area contributed by atoms with Crippen molar-refractivity contribution in [1.29, 1.82) is 0 Å². The average Bonchev–Trinajstić information content (AvgIpc) is 2.47. The molecular weight excluding hydrogens is 286 g/mol. The predicted octanol–water partition coefficient (Wildman–Crippen LogP) is 3.45. The first-order chi connectivity index (χ1) is 10.0. The van der Waals surface area contributed by atoms with Gasteiger partial charge < -0.3 is 16.4 Å². The molecule has 0 bridgehead atoms. The van der Waals surface area contributed by atoms with Gasteiger partial charge >= 0.3 is 0 Å². The van der Waals surface area contributed by atoms with Crippen molar-refractivity contribution in [2.24, 2.45) is 0 Å².